The summed E-state index contributed by atoms with van der Waals surface area (Å²) in [6.07, 6.45) is 10.4. The predicted molar refractivity (Wildman–Crippen MR) is 229 cm³/mol. The number of hydrogen-bond acceptors (Lipinski definition) is 9. The molecule has 61 heavy (non-hydrogen) atoms. The number of carbonyl (C=O) groups is 3. The Morgan fingerprint density at radius 1 is 0.803 bits per heavy atom. The molecule has 1 atom stereocenters. The van der Waals surface area contributed by atoms with Gasteiger partial charge in [-0.05, 0) is 112 Å². The van der Waals surface area contributed by atoms with Crippen LogP contribution in [0, 0.1) is 18.8 Å². The monoisotopic (exact) mass is 828 g/mol. The van der Waals surface area contributed by atoms with E-state index < -0.39 is 24.4 Å². The van der Waals surface area contributed by atoms with Gasteiger partial charge in [0.1, 0.15) is 12.1 Å². The van der Waals surface area contributed by atoms with Gasteiger partial charge in [-0.2, -0.15) is 8.78 Å². The number of hydrogen-bond donors (Lipinski definition) is 1. The van der Waals surface area contributed by atoms with Crippen molar-refractivity contribution in [2.24, 2.45) is 11.8 Å². The Morgan fingerprint density at radius 3 is 2.31 bits per heavy atom. The predicted octanol–water partition coefficient (Wildman–Crippen LogP) is 7.03. The van der Waals surface area contributed by atoms with Crippen LogP contribution in [-0.4, -0.2) is 111 Å². The Labute approximate surface area is 353 Å². The van der Waals surface area contributed by atoms with Crippen LogP contribution in [0.1, 0.15) is 71.4 Å². The number of pyridine rings is 2. The molecule has 3 amide bonds. The molecule has 12 nitrogen and oxygen atoms in total. The van der Waals surface area contributed by atoms with E-state index in [1.54, 1.807) is 30.6 Å². The zero-order chi connectivity index (χ0) is 41.9. The quantitative estimate of drug-likeness (QED) is 0.148. The third-order valence-electron chi connectivity index (χ3n) is 13.6. The summed E-state index contributed by atoms with van der Waals surface area (Å²) < 4.78 is 35.7. The van der Waals surface area contributed by atoms with Gasteiger partial charge < -0.3 is 19.9 Å². The van der Waals surface area contributed by atoms with E-state index >= 15 is 0 Å². The van der Waals surface area contributed by atoms with Gasteiger partial charge in [0.15, 0.2) is 0 Å². The summed E-state index contributed by atoms with van der Waals surface area (Å²) in [5.41, 5.74) is 5.83. The van der Waals surface area contributed by atoms with Crippen molar-refractivity contribution < 1.29 is 27.9 Å². The van der Waals surface area contributed by atoms with Gasteiger partial charge in [0, 0.05) is 91.1 Å². The van der Waals surface area contributed by atoms with Gasteiger partial charge in [-0.15, -0.1) is 0 Å². The Morgan fingerprint density at radius 2 is 1.56 bits per heavy atom. The third-order valence-corrected chi connectivity index (χ3v) is 13.6. The first-order valence-electron chi connectivity index (χ1n) is 21.6. The first-order valence-corrected chi connectivity index (χ1v) is 21.6. The van der Waals surface area contributed by atoms with E-state index in [9.17, 15) is 23.2 Å². The summed E-state index contributed by atoms with van der Waals surface area (Å²) in [6.45, 7) is 11.2. The molecule has 1 aliphatic carbocycles. The summed E-state index contributed by atoms with van der Waals surface area (Å²) in [6, 6.07) is 14.0. The second kappa shape index (κ2) is 15.9. The van der Waals surface area contributed by atoms with Gasteiger partial charge in [0.2, 0.25) is 11.8 Å². The molecule has 5 aromatic rings. The van der Waals surface area contributed by atoms with Crippen molar-refractivity contribution in [2.45, 2.75) is 64.1 Å². The molecule has 10 rings (SSSR count). The third kappa shape index (κ3) is 7.43. The molecule has 4 aliphatic heterocycles. The second-order valence-corrected chi connectivity index (χ2v) is 17.6. The normalized spacial score (nSPS) is 23.0. The lowest BCUT2D eigenvalue weighted by Gasteiger charge is -2.42. The van der Waals surface area contributed by atoms with Crippen LogP contribution in [0.3, 0.4) is 0 Å². The molecule has 0 bridgehead atoms. The summed E-state index contributed by atoms with van der Waals surface area (Å²) in [5, 5.41) is 4.15. The molecule has 2 aromatic carbocycles. The fraction of sp³-hybridized carbons (Fsp3) is 0.426. The average molecular weight is 829 g/mol. The maximum absolute atomic E-state index is 14.2. The van der Waals surface area contributed by atoms with Crippen LogP contribution in [0.15, 0.2) is 79.4 Å². The van der Waals surface area contributed by atoms with E-state index in [2.05, 4.69) is 36.6 Å². The highest BCUT2D eigenvalue weighted by molar-refractivity contribution is 6.23. The van der Waals surface area contributed by atoms with E-state index in [0.29, 0.717) is 63.8 Å². The molecule has 3 saturated heterocycles. The number of piperidine rings is 2. The number of amides is 3. The number of nitrogens with one attached hydrogen (secondary N) is 1. The number of aromatic nitrogens is 3. The number of halogens is 2. The average Bonchev–Trinajstić information content (AvgIpc) is 3.71. The van der Waals surface area contributed by atoms with Crippen molar-refractivity contribution in [3.8, 4) is 17.0 Å². The van der Waals surface area contributed by atoms with Gasteiger partial charge in [-0.3, -0.25) is 33.7 Å². The zero-order valence-electron chi connectivity index (χ0n) is 34.4. The Bertz CT molecular complexity index is 2550. The number of carbonyl (C=O) groups excluding carboxylic acids is 3. The molecule has 0 radical (unpaired) electrons. The lowest BCUT2D eigenvalue weighted by molar-refractivity contribution is -0.125. The number of ether oxygens (including phenoxy) is 1. The minimum atomic E-state index is -2.67. The summed E-state index contributed by atoms with van der Waals surface area (Å²) in [4.78, 5) is 56.6. The minimum Gasteiger partial charge on any atom is -0.474 e. The maximum atomic E-state index is 14.2. The first kappa shape index (κ1) is 39.4. The molecule has 1 N–H and O–H groups in total. The smallest absolute Gasteiger partial charge is 0.319 e. The number of imide groups is 1. The SMILES string of the molecule is C=C1CCC(N2C(=O)c3ccc(N4CCN(CC5CCN(C[C@H]6C[C@H](Oc7ncc(-c8ccc9c%10cnccc%10n(C(F)F)c9c8)cc7C)C6)CC5)CC4)cc3C2=O)C(=O)N1. The van der Waals surface area contributed by atoms with E-state index in [1.807, 2.05) is 37.3 Å². The van der Waals surface area contributed by atoms with Crippen molar-refractivity contribution in [3.63, 3.8) is 0 Å². The molecule has 1 unspecified atom stereocenters. The van der Waals surface area contributed by atoms with Crippen LogP contribution in [-0.2, 0) is 4.79 Å². The van der Waals surface area contributed by atoms with Crippen LogP contribution >= 0.6 is 0 Å². The van der Waals surface area contributed by atoms with Crippen molar-refractivity contribution in [3.05, 3.63) is 96.1 Å². The highest BCUT2D eigenvalue weighted by Crippen LogP contribution is 2.38. The fourth-order valence-corrected chi connectivity index (χ4v) is 10.2. The standard InChI is InChI=1S/C47H50F2N8O4/c1-28-19-33(32-4-6-36-39-25-50-12-9-40(39)56(47(48)49)42(36)22-32)24-51-44(28)61-35-20-31(21-35)27-53-13-10-30(11-14-53)26-54-15-17-55(18-16-54)34-5-7-37-38(23-34)46(60)57(45(37)59)41-8-3-29(2)52-43(41)58/h4-7,9,12,19,22-25,30-31,35,41,47H,2-3,8,10-11,13-18,20-21,26-27H2,1H3,(H,52,58)/t31-,35-,41?. The second-order valence-electron chi connectivity index (χ2n) is 17.6. The Hall–Kier alpha value is -5.73. The summed E-state index contributed by atoms with van der Waals surface area (Å²) >= 11 is 0. The number of benzene rings is 2. The lowest BCUT2D eigenvalue weighted by Crippen LogP contribution is -2.51. The van der Waals surface area contributed by atoms with Crippen LogP contribution in [0.4, 0.5) is 14.5 Å². The van der Waals surface area contributed by atoms with Crippen LogP contribution < -0.4 is 15.0 Å². The Kier molecular flexibility index (Phi) is 10.3. The van der Waals surface area contributed by atoms with E-state index in [1.165, 1.54) is 19.0 Å². The van der Waals surface area contributed by atoms with Crippen LogP contribution in [0.2, 0.25) is 0 Å². The van der Waals surface area contributed by atoms with Crippen molar-refractivity contribution in [1.82, 2.24) is 34.6 Å². The Balaban J connectivity index is 0.661. The summed E-state index contributed by atoms with van der Waals surface area (Å²) in [7, 11) is 0. The van der Waals surface area contributed by atoms with Gasteiger partial charge in [-0.25, -0.2) is 4.98 Å². The largest absolute Gasteiger partial charge is 0.474 e. The number of allylic oxidation sites excluding steroid dienone is 1. The highest BCUT2D eigenvalue weighted by Gasteiger charge is 2.44. The van der Waals surface area contributed by atoms with Gasteiger partial charge in [0.25, 0.3) is 11.8 Å². The number of rotatable bonds is 10. The fourth-order valence-electron chi connectivity index (χ4n) is 10.2. The van der Waals surface area contributed by atoms with E-state index in [0.717, 1.165) is 102 Å². The number of fused-ring (bicyclic) bond motifs is 4. The maximum Gasteiger partial charge on any atom is 0.319 e. The van der Waals surface area contributed by atoms with Gasteiger partial charge >= 0.3 is 6.55 Å². The molecular formula is C47H50F2N8O4. The number of likely N-dealkylation sites (tertiary alicyclic amines) is 1. The van der Waals surface area contributed by atoms with Crippen molar-refractivity contribution in [1.29, 1.82) is 0 Å². The molecule has 0 spiro atoms. The molecule has 14 heteroatoms. The lowest BCUT2D eigenvalue weighted by atomic mass is 9.81. The highest BCUT2D eigenvalue weighted by atomic mass is 19.3. The van der Waals surface area contributed by atoms with Crippen LogP contribution in [0.5, 0.6) is 5.88 Å². The van der Waals surface area contributed by atoms with Crippen LogP contribution in [0.25, 0.3) is 32.9 Å². The van der Waals surface area contributed by atoms with Crippen molar-refractivity contribution >= 4 is 45.2 Å². The first-order chi connectivity index (χ1) is 29.6. The van der Waals surface area contributed by atoms with Crippen molar-refractivity contribution in [2.75, 3.05) is 57.3 Å². The number of nitrogens with zero attached hydrogens (tertiary/aromatic N) is 7. The number of anilines is 1. The number of alkyl halides is 2. The molecule has 5 aliphatic rings. The van der Waals surface area contributed by atoms with E-state index in [4.69, 9.17) is 4.74 Å². The summed E-state index contributed by atoms with van der Waals surface area (Å²) in [5.74, 6) is 0.769. The topological polar surface area (TPSA) is 116 Å². The molecule has 1 saturated carbocycles. The van der Waals surface area contributed by atoms with Gasteiger partial charge in [0.05, 0.1) is 22.2 Å². The number of aryl methyl sites for hydroxylation is 1. The molecule has 4 fully saturated rings. The zero-order valence-corrected chi connectivity index (χ0v) is 34.4. The van der Waals surface area contributed by atoms with E-state index in [-0.39, 0.29) is 12.0 Å². The number of piperazine rings is 1. The molecular weight excluding hydrogens is 779 g/mol. The van der Waals surface area contributed by atoms with Gasteiger partial charge in [-0.1, -0.05) is 18.7 Å². The molecule has 316 valence electrons. The minimum absolute atomic E-state index is 0.144. The molecule has 7 heterocycles. The molecule has 3 aromatic heterocycles.